The zero-order valence-corrected chi connectivity index (χ0v) is 19.5. The summed E-state index contributed by atoms with van der Waals surface area (Å²) < 4.78 is 8.39. The van der Waals surface area contributed by atoms with E-state index in [1.54, 1.807) is 0 Å². The van der Waals surface area contributed by atoms with Crippen LogP contribution >= 0.6 is 0 Å². The number of aryl methyl sites for hydroxylation is 2. The van der Waals surface area contributed by atoms with E-state index < -0.39 is 0 Å². The Morgan fingerprint density at radius 1 is 1.12 bits per heavy atom. The van der Waals surface area contributed by atoms with Crippen molar-refractivity contribution >= 4 is 0 Å². The summed E-state index contributed by atoms with van der Waals surface area (Å²) in [5, 5.41) is 15.5. The Bertz CT molecular complexity index is 1010. The van der Waals surface area contributed by atoms with Gasteiger partial charge in [-0.2, -0.15) is 5.10 Å². The number of benzene rings is 2. The first kappa shape index (κ1) is 22.6. The smallest absolute Gasteiger partial charge is 0.227 e. The lowest BCUT2D eigenvalue weighted by Crippen LogP contribution is -2.34. The van der Waals surface area contributed by atoms with E-state index in [0.717, 1.165) is 59.9 Å². The molecule has 1 N–H and O–H groups in total. The lowest BCUT2D eigenvalue weighted by molar-refractivity contribution is 0.0949. The van der Waals surface area contributed by atoms with Gasteiger partial charge < -0.3 is 9.84 Å². The molecule has 0 spiro atoms. The molecule has 2 aromatic carbocycles. The van der Waals surface area contributed by atoms with Gasteiger partial charge in [-0.1, -0.05) is 50.1 Å². The minimum atomic E-state index is -0.291. The van der Waals surface area contributed by atoms with Crippen LogP contribution in [0.1, 0.15) is 55.8 Å². The van der Waals surface area contributed by atoms with Gasteiger partial charge in [-0.3, -0.25) is 4.90 Å². The van der Waals surface area contributed by atoms with Gasteiger partial charge in [0.1, 0.15) is 5.75 Å². The monoisotopic (exact) mass is 433 g/mol. The molecule has 1 aromatic heterocycles. The number of aliphatic hydroxyl groups is 1. The van der Waals surface area contributed by atoms with Gasteiger partial charge in [-0.25, -0.2) is 4.68 Å². The molecule has 1 fully saturated rings. The van der Waals surface area contributed by atoms with Gasteiger partial charge in [0.25, 0.3) is 0 Å². The first-order valence-corrected chi connectivity index (χ1v) is 11.9. The molecule has 170 valence electrons. The fraction of sp³-hybridized carbons (Fsp3) is 0.444. The van der Waals surface area contributed by atoms with Gasteiger partial charge in [-0.05, 0) is 62.9 Å². The van der Waals surface area contributed by atoms with Crippen LogP contribution in [0.3, 0.4) is 0 Å². The molecule has 0 aliphatic heterocycles. The molecule has 0 amide bonds. The molecular weight excluding hydrogens is 398 g/mol. The third-order valence-corrected chi connectivity index (χ3v) is 6.10. The van der Waals surface area contributed by atoms with Gasteiger partial charge in [0.2, 0.25) is 5.88 Å². The van der Waals surface area contributed by atoms with Crippen molar-refractivity contribution in [2.24, 2.45) is 0 Å². The van der Waals surface area contributed by atoms with Crippen LogP contribution in [-0.4, -0.2) is 38.5 Å². The highest BCUT2D eigenvalue weighted by molar-refractivity contribution is 5.43. The van der Waals surface area contributed by atoms with Crippen molar-refractivity contribution in [3.8, 4) is 17.3 Å². The summed E-state index contributed by atoms with van der Waals surface area (Å²) in [5.41, 5.74) is 4.19. The maximum absolute atomic E-state index is 10.6. The molecule has 1 aliphatic rings. The van der Waals surface area contributed by atoms with Gasteiger partial charge in [0.05, 0.1) is 23.0 Å². The molecule has 32 heavy (non-hydrogen) atoms. The van der Waals surface area contributed by atoms with Gasteiger partial charge in [-0.15, -0.1) is 0 Å². The Morgan fingerprint density at radius 2 is 1.91 bits per heavy atom. The molecule has 0 saturated heterocycles. The van der Waals surface area contributed by atoms with Crippen molar-refractivity contribution in [1.29, 1.82) is 0 Å². The van der Waals surface area contributed by atoms with Crippen LogP contribution in [0.4, 0.5) is 0 Å². The summed E-state index contributed by atoms with van der Waals surface area (Å²) in [6.07, 6.45) is 5.13. The standard InChI is InChI=1S/C27H35N3O2/c1-4-5-13-24(31)18-29(22-15-16-22)19-26-21(3)28-30(23-11-7-6-8-12-23)27(26)32-25-14-9-10-20(2)17-25/h6-12,14,17,22,24,31H,4-5,13,15-16,18-19H2,1-3H3/t24-/m0/s1. The van der Waals surface area contributed by atoms with E-state index in [9.17, 15) is 5.11 Å². The fourth-order valence-corrected chi connectivity index (χ4v) is 4.15. The predicted molar refractivity (Wildman–Crippen MR) is 129 cm³/mol. The maximum Gasteiger partial charge on any atom is 0.227 e. The van der Waals surface area contributed by atoms with Gasteiger partial charge in [0.15, 0.2) is 0 Å². The number of aromatic nitrogens is 2. The quantitative estimate of drug-likeness (QED) is 0.415. The molecule has 0 unspecified atom stereocenters. The first-order chi connectivity index (χ1) is 15.5. The predicted octanol–water partition coefficient (Wildman–Crippen LogP) is 5.80. The molecule has 5 nitrogen and oxygen atoms in total. The molecule has 1 heterocycles. The minimum Gasteiger partial charge on any atom is -0.439 e. The van der Waals surface area contributed by atoms with Crippen molar-refractivity contribution in [1.82, 2.24) is 14.7 Å². The Labute approximate surface area is 191 Å². The molecular formula is C27H35N3O2. The van der Waals surface area contributed by atoms with E-state index in [1.807, 2.05) is 47.1 Å². The van der Waals surface area contributed by atoms with Crippen LogP contribution in [0.25, 0.3) is 5.69 Å². The Hall–Kier alpha value is -2.63. The first-order valence-electron chi connectivity index (χ1n) is 11.9. The average molecular weight is 434 g/mol. The van der Waals surface area contributed by atoms with Crippen LogP contribution in [0.5, 0.6) is 11.6 Å². The minimum absolute atomic E-state index is 0.291. The van der Waals surface area contributed by atoms with Crippen molar-refractivity contribution in [3.05, 3.63) is 71.4 Å². The number of aliphatic hydroxyl groups excluding tert-OH is 1. The number of para-hydroxylation sites is 1. The van der Waals surface area contributed by atoms with E-state index in [-0.39, 0.29) is 6.10 Å². The third kappa shape index (κ3) is 5.59. The molecule has 5 heteroatoms. The number of unbranched alkanes of at least 4 members (excludes halogenated alkanes) is 1. The van der Waals surface area contributed by atoms with Crippen LogP contribution in [0, 0.1) is 13.8 Å². The van der Waals surface area contributed by atoms with Crippen LogP contribution in [0.2, 0.25) is 0 Å². The molecule has 0 radical (unpaired) electrons. The number of rotatable bonds is 11. The molecule has 3 aromatic rings. The highest BCUT2D eigenvalue weighted by atomic mass is 16.5. The highest BCUT2D eigenvalue weighted by Gasteiger charge is 2.32. The number of ether oxygens (including phenoxy) is 1. The van der Waals surface area contributed by atoms with Gasteiger partial charge >= 0.3 is 0 Å². The Kier molecular flexibility index (Phi) is 7.28. The topological polar surface area (TPSA) is 50.5 Å². The van der Waals surface area contributed by atoms with E-state index in [1.165, 1.54) is 12.8 Å². The summed E-state index contributed by atoms with van der Waals surface area (Å²) in [7, 11) is 0. The summed E-state index contributed by atoms with van der Waals surface area (Å²) in [4.78, 5) is 2.42. The largest absolute Gasteiger partial charge is 0.439 e. The molecule has 4 rings (SSSR count). The average Bonchev–Trinajstić information content (AvgIpc) is 3.59. The molecule has 0 bridgehead atoms. The second-order valence-electron chi connectivity index (χ2n) is 8.99. The van der Waals surface area contributed by atoms with E-state index in [2.05, 4.69) is 37.8 Å². The van der Waals surface area contributed by atoms with E-state index in [0.29, 0.717) is 12.6 Å². The zero-order valence-electron chi connectivity index (χ0n) is 19.5. The number of hydrogen-bond acceptors (Lipinski definition) is 4. The fourth-order valence-electron chi connectivity index (χ4n) is 4.15. The van der Waals surface area contributed by atoms with Gasteiger partial charge in [0, 0.05) is 19.1 Å². The van der Waals surface area contributed by atoms with Crippen molar-refractivity contribution in [2.45, 2.75) is 71.6 Å². The van der Waals surface area contributed by atoms with Crippen LogP contribution in [-0.2, 0) is 6.54 Å². The van der Waals surface area contributed by atoms with Crippen molar-refractivity contribution in [3.63, 3.8) is 0 Å². The SMILES string of the molecule is CCCC[C@H](O)CN(Cc1c(C)nn(-c2ccccc2)c1Oc1cccc(C)c1)C1CC1. The summed E-state index contributed by atoms with van der Waals surface area (Å²) in [6, 6.07) is 18.8. The van der Waals surface area contributed by atoms with Crippen molar-refractivity contribution in [2.75, 3.05) is 6.54 Å². The lowest BCUT2D eigenvalue weighted by atomic mass is 10.1. The summed E-state index contributed by atoms with van der Waals surface area (Å²) >= 11 is 0. The maximum atomic E-state index is 10.6. The molecule has 1 atom stereocenters. The summed E-state index contributed by atoms with van der Waals surface area (Å²) in [5.74, 6) is 1.57. The Balaban J connectivity index is 1.66. The number of hydrogen-bond donors (Lipinski definition) is 1. The zero-order chi connectivity index (χ0) is 22.5. The second-order valence-corrected chi connectivity index (χ2v) is 8.99. The van der Waals surface area contributed by atoms with E-state index >= 15 is 0 Å². The number of nitrogens with zero attached hydrogens (tertiary/aromatic N) is 3. The summed E-state index contributed by atoms with van der Waals surface area (Å²) in [6.45, 7) is 7.72. The second kappa shape index (κ2) is 10.3. The lowest BCUT2D eigenvalue weighted by Gasteiger charge is -2.25. The van der Waals surface area contributed by atoms with Crippen LogP contribution in [0.15, 0.2) is 54.6 Å². The molecule has 1 saturated carbocycles. The third-order valence-electron chi connectivity index (χ3n) is 6.10. The van der Waals surface area contributed by atoms with Crippen molar-refractivity contribution < 1.29 is 9.84 Å². The molecule has 1 aliphatic carbocycles. The Morgan fingerprint density at radius 3 is 2.59 bits per heavy atom. The normalized spacial score (nSPS) is 14.7. The van der Waals surface area contributed by atoms with Crippen LogP contribution < -0.4 is 4.74 Å². The van der Waals surface area contributed by atoms with E-state index in [4.69, 9.17) is 9.84 Å². The highest BCUT2D eigenvalue weighted by Crippen LogP contribution is 2.35.